The van der Waals surface area contributed by atoms with Gasteiger partial charge in [0.15, 0.2) is 0 Å². The molecule has 0 spiro atoms. The molecule has 26 heavy (non-hydrogen) atoms. The zero-order valence-electron chi connectivity index (χ0n) is 14.2. The molecule has 1 unspecified atom stereocenters. The molecule has 0 aliphatic heterocycles. The molecule has 1 heterocycles. The zero-order valence-corrected chi connectivity index (χ0v) is 15.1. The van der Waals surface area contributed by atoms with Gasteiger partial charge in [0.25, 0.3) is 5.91 Å². The summed E-state index contributed by atoms with van der Waals surface area (Å²) in [6.07, 6.45) is 2.05. The van der Waals surface area contributed by atoms with E-state index >= 15 is 0 Å². The van der Waals surface area contributed by atoms with Gasteiger partial charge in [-0.15, -0.1) is 11.3 Å². The predicted octanol–water partition coefficient (Wildman–Crippen LogP) is 2.79. The van der Waals surface area contributed by atoms with E-state index in [1.165, 1.54) is 11.3 Å². The summed E-state index contributed by atoms with van der Waals surface area (Å²) in [5, 5.41) is 12.8. The summed E-state index contributed by atoms with van der Waals surface area (Å²) in [6.45, 7) is 1.62. The molecule has 1 aliphatic rings. The Balaban J connectivity index is 1.48. The van der Waals surface area contributed by atoms with Crippen LogP contribution in [0.5, 0.6) is 0 Å². The molecule has 0 bridgehead atoms. The molecule has 1 aromatic carbocycles. The SMILES string of the molecule is CC(NC(=O)c1cccs1)C(=O)Nc1ccc(NC(=O)NC2CC2)cc1. The van der Waals surface area contributed by atoms with Crippen LogP contribution in [0.25, 0.3) is 0 Å². The van der Waals surface area contributed by atoms with Crippen molar-refractivity contribution in [2.24, 2.45) is 0 Å². The summed E-state index contributed by atoms with van der Waals surface area (Å²) < 4.78 is 0. The van der Waals surface area contributed by atoms with Crippen LogP contribution >= 0.6 is 11.3 Å². The van der Waals surface area contributed by atoms with Crippen molar-refractivity contribution in [2.75, 3.05) is 10.6 Å². The van der Waals surface area contributed by atoms with Crippen LogP contribution in [0.4, 0.5) is 16.2 Å². The van der Waals surface area contributed by atoms with Crippen molar-refractivity contribution < 1.29 is 14.4 Å². The Hall–Kier alpha value is -2.87. The molecule has 0 radical (unpaired) electrons. The minimum atomic E-state index is -0.674. The number of hydrogen-bond donors (Lipinski definition) is 4. The lowest BCUT2D eigenvalue weighted by Gasteiger charge is -2.14. The monoisotopic (exact) mass is 372 g/mol. The second-order valence-electron chi connectivity index (χ2n) is 6.11. The van der Waals surface area contributed by atoms with Gasteiger partial charge in [-0.25, -0.2) is 4.79 Å². The van der Waals surface area contributed by atoms with Gasteiger partial charge in [-0.1, -0.05) is 6.07 Å². The lowest BCUT2D eigenvalue weighted by Crippen LogP contribution is -2.41. The first-order chi connectivity index (χ1) is 12.5. The predicted molar refractivity (Wildman–Crippen MR) is 101 cm³/mol. The number of nitrogens with one attached hydrogen (secondary N) is 4. The third-order valence-corrected chi connectivity index (χ3v) is 4.68. The number of carbonyl (C=O) groups excluding carboxylic acids is 3. The highest BCUT2D eigenvalue weighted by atomic mass is 32.1. The van der Waals surface area contributed by atoms with Gasteiger partial charge >= 0.3 is 6.03 Å². The summed E-state index contributed by atoms with van der Waals surface area (Å²) in [4.78, 5) is 36.4. The van der Waals surface area contributed by atoms with Crippen molar-refractivity contribution in [2.45, 2.75) is 31.8 Å². The fourth-order valence-electron chi connectivity index (χ4n) is 2.21. The minimum absolute atomic E-state index is 0.228. The molecular formula is C18H20N4O3S. The first-order valence-corrected chi connectivity index (χ1v) is 9.22. The van der Waals surface area contributed by atoms with E-state index in [0.717, 1.165) is 12.8 Å². The van der Waals surface area contributed by atoms with Crippen LogP contribution in [-0.4, -0.2) is 29.9 Å². The molecule has 4 amide bonds. The molecule has 3 rings (SSSR count). The fourth-order valence-corrected chi connectivity index (χ4v) is 2.84. The van der Waals surface area contributed by atoms with Crippen LogP contribution in [0.1, 0.15) is 29.4 Å². The van der Waals surface area contributed by atoms with Crippen molar-refractivity contribution >= 4 is 40.6 Å². The highest BCUT2D eigenvalue weighted by Gasteiger charge is 2.23. The number of urea groups is 1. The number of anilines is 2. The van der Waals surface area contributed by atoms with Crippen LogP contribution in [-0.2, 0) is 4.79 Å². The molecule has 2 aromatic rings. The van der Waals surface area contributed by atoms with Crippen LogP contribution in [0.3, 0.4) is 0 Å². The van der Waals surface area contributed by atoms with E-state index in [2.05, 4.69) is 21.3 Å². The van der Waals surface area contributed by atoms with E-state index in [0.29, 0.717) is 22.3 Å². The Morgan fingerprint density at radius 2 is 1.69 bits per heavy atom. The first-order valence-electron chi connectivity index (χ1n) is 8.34. The third kappa shape index (κ3) is 5.06. The molecular weight excluding hydrogens is 352 g/mol. The Bertz CT molecular complexity index is 785. The van der Waals surface area contributed by atoms with Gasteiger partial charge in [0.2, 0.25) is 5.91 Å². The summed E-state index contributed by atoms with van der Waals surface area (Å²) in [5.41, 5.74) is 1.22. The van der Waals surface area contributed by atoms with Gasteiger partial charge in [-0.05, 0) is 55.5 Å². The second kappa shape index (κ2) is 8.01. The normalized spacial score (nSPS) is 14.2. The van der Waals surface area contributed by atoms with E-state index in [9.17, 15) is 14.4 Å². The molecule has 1 aliphatic carbocycles. The van der Waals surface area contributed by atoms with Crippen molar-refractivity contribution in [3.8, 4) is 0 Å². The smallest absolute Gasteiger partial charge is 0.319 e. The van der Waals surface area contributed by atoms with Crippen LogP contribution in [0, 0.1) is 0 Å². The summed E-state index contributed by atoms with van der Waals surface area (Å²) in [6, 6.07) is 9.67. The minimum Gasteiger partial charge on any atom is -0.340 e. The molecule has 1 aromatic heterocycles. The van der Waals surface area contributed by atoms with Crippen LogP contribution in [0.2, 0.25) is 0 Å². The highest BCUT2D eigenvalue weighted by molar-refractivity contribution is 7.12. The Labute approximate surface area is 155 Å². The topological polar surface area (TPSA) is 99.3 Å². The van der Waals surface area contributed by atoms with E-state index in [1.54, 1.807) is 48.7 Å². The largest absolute Gasteiger partial charge is 0.340 e. The quantitative estimate of drug-likeness (QED) is 0.627. The van der Waals surface area contributed by atoms with E-state index in [1.807, 2.05) is 0 Å². The van der Waals surface area contributed by atoms with Gasteiger partial charge in [-0.2, -0.15) is 0 Å². The molecule has 8 heteroatoms. The Morgan fingerprint density at radius 3 is 2.27 bits per heavy atom. The van der Waals surface area contributed by atoms with Crippen molar-refractivity contribution in [1.82, 2.24) is 10.6 Å². The van der Waals surface area contributed by atoms with E-state index in [-0.39, 0.29) is 17.8 Å². The van der Waals surface area contributed by atoms with Gasteiger partial charge in [0.1, 0.15) is 6.04 Å². The number of hydrogen-bond acceptors (Lipinski definition) is 4. The number of benzene rings is 1. The molecule has 1 fully saturated rings. The zero-order chi connectivity index (χ0) is 18.5. The van der Waals surface area contributed by atoms with E-state index in [4.69, 9.17) is 0 Å². The summed E-state index contributed by atoms with van der Waals surface area (Å²) in [7, 11) is 0. The summed E-state index contributed by atoms with van der Waals surface area (Å²) >= 11 is 1.32. The molecule has 7 nitrogen and oxygen atoms in total. The molecule has 136 valence electrons. The van der Waals surface area contributed by atoms with Gasteiger partial charge in [-0.3, -0.25) is 9.59 Å². The van der Waals surface area contributed by atoms with Crippen molar-refractivity contribution in [1.29, 1.82) is 0 Å². The fraction of sp³-hybridized carbons (Fsp3) is 0.278. The van der Waals surface area contributed by atoms with Crippen molar-refractivity contribution in [3.05, 3.63) is 46.7 Å². The maximum Gasteiger partial charge on any atom is 0.319 e. The van der Waals surface area contributed by atoms with Crippen LogP contribution in [0.15, 0.2) is 41.8 Å². The summed E-state index contributed by atoms with van der Waals surface area (Å²) in [5.74, 6) is -0.592. The number of thiophene rings is 1. The molecule has 0 saturated heterocycles. The molecule has 4 N–H and O–H groups in total. The average Bonchev–Trinajstić information content (AvgIpc) is 3.24. The van der Waals surface area contributed by atoms with Gasteiger partial charge in [0, 0.05) is 17.4 Å². The Kier molecular flexibility index (Phi) is 5.52. The maximum atomic E-state index is 12.2. The third-order valence-electron chi connectivity index (χ3n) is 3.81. The molecule has 1 saturated carbocycles. The first kappa shape index (κ1) is 17.9. The van der Waals surface area contributed by atoms with Crippen molar-refractivity contribution in [3.63, 3.8) is 0 Å². The van der Waals surface area contributed by atoms with Gasteiger partial charge in [0.05, 0.1) is 4.88 Å². The van der Waals surface area contributed by atoms with Crippen LogP contribution < -0.4 is 21.3 Å². The Morgan fingerprint density at radius 1 is 1.04 bits per heavy atom. The molecule has 1 atom stereocenters. The van der Waals surface area contributed by atoms with Gasteiger partial charge < -0.3 is 21.3 Å². The standard InChI is InChI=1S/C18H20N4O3S/c1-11(19-17(24)15-3-2-10-26-15)16(23)20-12-4-6-13(7-5-12)21-18(25)22-14-8-9-14/h2-7,10-11,14H,8-9H2,1H3,(H,19,24)(H,20,23)(H2,21,22,25). The second-order valence-corrected chi connectivity index (χ2v) is 7.06. The number of rotatable bonds is 6. The average molecular weight is 372 g/mol. The maximum absolute atomic E-state index is 12.2. The van der Waals surface area contributed by atoms with E-state index < -0.39 is 6.04 Å². The lowest BCUT2D eigenvalue weighted by molar-refractivity contribution is -0.117. The number of amides is 4. The number of carbonyl (C=O) groups is 3. The lowest BCUT2D eigenvalue weighted by atomic mass is 10.2. The highest BCUT2D eigenvalue weighted by Crippen LogP contribution is 2.19.